The van der Waals surface area contributed by atoms with Crippen molar-refractivity contribution in [3.05, 3.63) is 35.4 Å². The molecule has 0 bridgehead atoms. The van der Waals surface area contributed by atoms with Crippen molar-refractivity contribution < 1.29 is 8.42 Å². The lowest BCUT2D eigenvalue weighted by molar-refractivity contribution is 0.472. The molecule has 1 aromatic carbocycles. The Morgan fingerprint density at radius 3 is 2.06 bits per heavy atom. The summed E-state index contributed by atoms with van der Waals surface area (Å²) >= 11 is 0. The van der Waals surface area contributed by atoms with Gasteiger partial charge in [-0.3, -0.25) is 0 Å². The van der Waals surface area contributed by atoms with Gasteiger partial charge in [0.2, 0.25) is 0 Å². The fourth-order valence-corrected chi connectivity index (χ4v) is 3.93. The molecular formula is C12H17NO2S. The first-order valence-corrected chi connectivity index (χ1v) is 7.24. The second kappa shape index (κ2) is 3.57. The third-order valence-electron chi connectivity index (χ3n) is 3.11. The summed E-state index contributed by atoms with van der Waals surface area (Å²) in [6, 6.07) is 7.95. The van der Waals surface area contributed by atoms with Crippen LogP contribution in [0.5, 0.6) is 0 Å². The monoisotopic (exact) mass is 239 g/mol. The first-order valence-electron chi connectivity index (χ1n) is 5.42. The van der Waals surface area contributed by atoms with Gasteiger partial charge in [-0.1, -0.05) is 38.1 Å². The van der Waals surface area contributed by atoms with Crippen LogP contribution in [-0.2, 0) is 15.4 Å². The zero-order chi connectivity index (χ0) is 12.0. The molecular weight excluding hydrogens is 222 g/mol. The molecule has 0 saturated carbocycles. The minimum absolute atomic E-state index is 0.0705. The number of rotatable bonds is 2. The summed E-state index contributed by atoms with van der Waals surface area (Å²) < 4.78 is 22.3. The topological polar surface area (TPSA) is 60.2 Å². The van der Waals surface area contributed by atoms with E-state index in [0.717, 1.165) is 5.56 Å². The fourth-order valence-electron chi connectivity index (χ4n) is 2.11. The number of sulfone groups is 1. The second-order valence-electron chi connectivity index (χ2n) is 4.97. The van der Waals surface area contributed by atoms with E-state index in [1.807, 2.05) is 24.3 Å². The predicted molar refractivity (Wildman–Crippen MR) is 65.1 cm³/mol. The molecule has 88 valence electrons. The summed E-state index contributed by atoms with van der Waals surface area (Å²) in [5.74, 6) is 0.620. The zero-order valence-corrected chi connectivity index (χ0v) is 10.4. The Bertz CT molecular complexity index is 476. The Labute approximate surface area is 96.6 Å². The molecule has 0 aliphatic carbocycles. The smallest absolute Gasteiger partial charge is 0.154 e. The molecule has 1 saturated heterocycles. The van der Waals surface area contributed by atoms with Gasteiger partial charge >= 0.3 is 0 Å². The van der Waals surface area contributed by atoms with Crippen LogP contribution in [0, 0.1) is 0 Å². The maximum atomic E-state index is 11.2. The van der Waals surface area contributed by atoms with Gasteiger partial charge in [0.15, 0.2) is 9.84 Å². The van der Waals surface area contributed by atoms with E-state index >= 15 is 0 Å². The van der Waals surface area contributed by atoms with Gasteiger partial charge in [-0.25, -0.2) is 8.42 Å². The Hall–Kier alpha value is -0.870. The minimum atomic E-state index is -2.89. The summed E-state index contributed by atoms with van der Waals surface area (Å²) in [5, 5.41) is 0. The molecule has 1 heterocycles. The first kappa shape index (κ1) is 11.6. The van der Waals surface area contributed by atoms with Crippen LogP contribution in [0.3, 0.4) is 0 Å². The van der Waals surface area contributed by atoms with Crippen LogP contribution < -0.4 is 5.73 Å². The summed E-state index contributed by atoms with van der Waals surface area (Å²) in [5.41, 5.74) is 7.56. The molecule has 0 aromatic heterocycles. The molecule has 1 aliphatic heterocycles. The van der Waals surface area contributed by atoms with Crippen LogP contribution in [0.2, 0.25) is 0 Å². The van der Waals surface area contributed by atoms with Crippen LogP contribution in [0.1, 0.15) is 30.9 Å². The van der Waals surface area contributed by atoms with Crippen LogP contribution in [0.15, 0.2) is 24.3 Å². The third-order valence-corrected chi connectivity index (χ3v) is 5.02. The van der Waals surface area contributed by atoms with Crippen LogP contribution in [0.25, 0.3) is 0 Å². The normalized spacial score (nSPS) is 21.8. The summed E-state index contributed by atoms with van der Waals surface area (Å²) in [4.78, 5) is 0. The Morgan fingerprint density at radius 1 is 1.19 bits per heavy atom. The van der Waals surface area contributed by atoms with E-state index in [4.69, 9.17) is 5.73 Å². The van der Waals surface area contributed by atoms with Gasteiger partial charge < -0.3 is 5.73 Å². The highest BCUT2D eigenvalue weighted by molar-refractivity contribution is 7.93. The van der Waals surface area contributed by atoms with Crippen LogP contribution in [-0.4, -0.2) is 19.9 Å². The van der Waals surface area contributed by atoms with Crippen LogP contribution >= 0.6 is 0 Å². The van der Waals surface area contributed by atoms with E-state index in [1.54, 1.807) is 0 Å². The maximum absolute atomic E-state index is 11.2. The molecule has 2 rings (SSSR count). The van der Waals surface area contributed by atoms with Crippen LogP contribution in [0.4, 0.5) is 0 Å². The molecule has 3 nitrogen and oxygen atoms in total. The Morgan fingerprint density at radius 2 is 1.69 bits per heavy atom. The van der Waals surface area contributed by atoms with Gasteiger partial charge in [0.25, 0.3) is 0 Å². The third kappa shape index (κ3) is 1.99. The molecule has 16 heavy (non-hydrogen) atoms. The minimum Gasteiger partial charge on any atom is -0.320 e. The van der Waals surface area contributed by atoms with Gasteiger partial charge in [0.1, 0.15) is 0 Å². The summed E-state index contributed by atoms with van der Waals surface area (Å²) in [6.45, 7) is 4.25. The van der Waals surface area contributed by atoms with Crippen molar-refractivity contribution in [2.75, 3.05) is 11.5 Å². The van der Waals surface area contributed by atoms with Gasteiger partial charge in [0, 0.05) is 0 Å². The highest BCUT2D eigenvalue weighted by atomic mass is 32.2. The molecule has 4 heteroatoms. The fraction of sp³-hybridized carbons (Fsp3) is 0.500. The van der Waals surface area contributed by atoms with E-state index in [1.165, 1.54) is 5.56 Å². The van der Waals surface area contributed by atoms with Gasteiger partial charge in [-0.05, 0) is 17.0 Å². The van der Waals surface area contributed by atoms with Crippen molar-refractivity contribution in [1.82, 2.24) is 0 Å². The first-order chi connectivity index (χ1) is 7.32. The quantitative estimate of drug-likeness (QED) is 0.848. The van der Waals surface area contributed by atoms with Crippen molar-refractivity contribution >= 4 is 9.84 Å². The SMILES string of the molecule is CC(C)c1ccc(C2(N)CS(=O)(=O)C2)cc1. The highest BCUT2D eigenvalue weighted by Gasteiger charge is 2.46. The molecule has 1 fully saturated rings. The van der Waals surface area contributed by atoms with E-state index < -0.39 is 15.4 Å². The average Bonchev–Trinajstić information content (AvgIpc) is 2.14. The van der Waals surface area contributed by atoms with E-state index in [0.29, 0.717) is 5.92 Å². The van der Waals surface area contributed by atoms with Crippen molar-refractivity contribution in [1.29, 1.82) is 0 Å². The second-order valence-corrected chi connectivity index (χ2v) is 7.03. The van der Waals surface area contributed by atoms with Crippen molar-refractivity contribution in [3.8, 4) is 0 Å². The van der Waals surface area contributed by atoms with Crippen molar-refractivity contribution in [2.24, 2.45) is 5.73 Å². The lowest BCUT2D eigenvalue weighted by atomic mass is 9.92. The van der Waals surface area contributed by atoms with E-state index in [2.05, 4.69) is 13.8 Å². The maximum Gasteiger partial charge on any atom is 0.154 e. The largest absolute Gasteiger partial charge is 0.320 e. The molecule has 0 unspecified atom stereocenters. The number of nitrogens with two attached hydrogens (primary N) is 1. The molecule has 0 radical (unpaired) electrons. The molecule has 1 aromatic rings. The molecule has 0 atom stereocenters. The van der Waals surface area contributed by atoms with Gasteiger partial charge in [0.05, 0.1) is 17.0 Å². The molecule has 0 spiro atoms. The Kier molecular flexibility index (Phi) is 2.59. The lowest BCUT2D eigenvalue weighted by Crippen LogP contribution is -2.58. The van der Waals surface area contributed by atoms with Crippen molar-refractivity contribution in [2.45, 2.75) is 25.3 Å². The van der Waals surface area contributed by atoms with E-state index in [-0.39, 0.29) is 11.5 Å². The molecule has 1 aliphatic rings. The average molecular weight is 239 g/mol. The predicted octanol–water partition coefficient (Wildman–Crippen LogP) is 1.39. The summed E-state index contributed by atoms with van der Waals surface area (Å²) in [7, 11) is -2.89. The number of hydrogen-bond donors (Lipinski definition) is 1. The van der Waals surface area contributed by atoms with Crippen molar-refractivity contribution in [3.63, 3.8) is 0 Å². The number of hydrogen-bond acceptors (Lipinski definition) is 3. The zero-order valence-electron chi connectivity index (χ0n) is 9.60. The Balaban J connectivity index is 2.23. The van der Waals surface area contributed by atoms with E-state index in [9.17, 15) is 8.42 Å². The van der Waals surface area contributed by atoms with Gasteiger partial charge in [-0.15, -0.1) is 0 Å². The number of benzene rings is 1. The molecule has 0 amide bonds. The standard InChI is InChI=1S/C12H17NO2S/c1-9(2)10-3-5-11(6-4-10)12(13)7-16(14,15)8-12/h3-6,9H,7-8,13H2,1-2H3. The lowest BCUT2D eigenvalue weighted by Gasteiger charge is -2.37. The van der Waals surface area contributed by atoms with Gasteiger partial charge in [-0.2, -0.15) is 0 Å². The summed E-state index contributed by atoms with van der Waals surface area (Å²) in [6.07, 6.45) is 0. The highest BCUT2D eigenvalue weighted by Crippen LogP contribution is 2.32. The molecule has 2 N–H and O–H groups in total.